The summed E-state index contributed by atoms with van der Waals surface area (Å²) in [4.78, 5) is 14.0. The lowest BCUT2D eigenvalue weighted by molar-refractivity contribution is -0.121. The van der Waals surface area contributed by atoms with Gasteiger partial charge in [-0.2, -0.15) is 0 Å². The summed E-state index contributed by atoms with van der Waals surface area (Å²) >= 11 is 1.57. The molecule has 1 aliphatic rings. The summed E-state index contributed by atoms with van der Waals surface area (Å²) in [7, 11) is 0. The third-order valence-electron chi connectivity index (χ3n) is 4.26. The number of hydrogen-bond acceptors (Lipinski definition) is 5. The molecule has 1 unspecified atom stereocenters. The monoisotopic (exact) mass is 362 g/mol. The molecule has 1 N–H and O–H groups in total. The Kier molecular flexibility index (Phi) is 5.96. The van der Waals surface area contributed by atoms with E-state index in [1.54, 1.807) is 23.5 Å². The van der Waals surface area contributed by atoms with Gasteiger partial charge in [-0.1, -0.05) is 30.4 Å². The van der Waals surface area contributed by atoms with Gasteiger partial charge < -0.3 is 10.2 Å². The molecule has 5 nitrogen and oxygen atoms in total. The van der Waals surface area contributed by atoms with Crippen molar-refractivity contribution in [2.24, 2.45) is 0 Å². The quantitative estimate of drug-likeness (QED) is 0.858. The van der Waals surface area contributed by atoms with E-state index in [2.05, 4.69) is 20.4 Å². The molecule has 134 valence electrons. The first-order valence-electron chi connectivity index (χ1n) is 8.75. The fourth-order valence-electron chi connectivity index (χ4n) is 3.02. The van der Waals surface area contributed by atoms with Crippen LogP contribution in [0, 0.1) is 5.82 Å². The summed E-state index contributed by atoms with van der Waals surface area (Å²) in [6, 6.07) is 6.65. The van der Waals surface area contributed by atoms with Crippen molar-refractivity contribution in [2.45, 2.75) is 45.1 Å². The highest BCUT2D eigenvalue weighted by Gasteiger charge is 2.23. The predicted molar refractivity (Wildman–Crippen MR) is 97.4 cm³/mol. The SMILES string of the molecule is CCCC(=O)NC1CCCN(c2nnc(Cc3ccc(F)cc3)s2)C1. The average molecular weight is 362 g/mol. The Morgan fingerprint density at radius 3 is 2.92 bits per heavy atom. The second kappa shape index (κ2) is 8.38. The van der Waals surface area contributed by atoms with Gasteiger partial charge in [0.05, 0.1) is 0 Å². The first-order chi connectivity index (χ1) is 12.1. The zero-order valence-electron chi connectivity index (χ0n) is 14.4. The highest BCUT2D eigenvalue weighted by molar-refractivity contribution is 7.15. The van der Waals surface area contributed by atoms with Gasteiger partial charge in [-0.3, -0.25) is 4.79 Å². The summed E-state index contributed by atoms with van der Waals surface area (Å²) in [6.45, 7) is 3.72. The van der Waals surface area contributed by atoms with E-state index < -0.39 is 0 Å². The highest BCUT2D eigenvalue weighted by atomic mass is 32.1. The number of carbonyl (C=O) groups is 1. The molecule has 0 spiro atoms. The van der Waals surface area contributed by atoms with Crippen LogP contribution in [-0.4, -0.2) is 35.2 Å². The van der Waals surface area contributed by atoms with E-state index in [0.717, 1.165) is 48.1 Å². The third-order valence-corrected chi connectivity index (χ3v) is 5.24. The lowest BCUT2D eigenvalue weighted by atomic mass is 10.1. The van der Waals surface area contributed by atoms with E-state index in [4.69, 9.17) is 0 Å². The number of nitrogens with zero attached hydrogens (tertiary/aromatic N) is 3. The molecule has 0 saturated carbocycles. The number of nitrogens with one attached hydrogen (secondary N) is 1. The van der Waals surface area contributed by atoms with Gasteiger partial charge in [-0.25, -0.2) is 4.39 Å². The molecule has 1 amide bonds. The van der Waals surface area contributed by atoms with Crippen molar-refractivity contribution in [1.82, 2.24) is 15.5 Å². The van der Waals surface area contributed by atoms with Crippen LogP contribution in [0.1, 0.15) is 43.2 Å². The smallest absolute Gasteiger partial charge is 0.220 e. The first kappa shape index (κ1) is 17.8. The Balaban J connectivity index is 1.59. The second-order valence-electron chi connectivity index (χ2n) is 6.38. The highest BCUT2D eigenvalue weighted by Crippen LogP contribution is 2.25. The second-order valence-corrected chi connectivity index (χ2v) is 7.42. The van der Waals surface area contributed by atoms with Gasteiger partial charge in [0.15, 0.2) is 0 Å². The van der Waals surface area contributed by atoms with Crippen LogP contribution in [0.5, 0.6) is 0 Å². The topological polar surface area (TPSA) is 58.1 Å². The standard InChI is InChI=1S/C18H23FN4OS/c1-2-4-16(24)20-15-5-3-10-23(12-15)18-22-21-17(25-18)11-13-6-8-14(19)9-7-13/h6-9,15H,2-5,10-12H2,1H3,(H,20,24). The summed E-state index contributed by atoms with van der Waals surface area (Å²) in [5, 5.41) is 13.5. The fourth-order valence-corrected chi connectivity index (χ4v) is 3.92. The number of amides is 1. The average Bonchev–Trinajstić information content (AvgIpc) is 3.06. The van der Waals surface area contributed by atoms with E-state index in [1.807, 2.05) is 6.92 Å². The number of halogens is 1. The summed E-state index contributed by atoms with van der Waals surface area (Å²) in [6.07, 6.45) is 4.14. The fraction of sp³-hybridized carbons (Fsp3) is 0.500. The molecule has 0 bridgehead atoms. The number of aromatic nitrogens is 2. The maximum absolute atomic E-state index is 13.0. The van der Waals surface area contributed by atoms with Crippen molar-refractivity contribution in [2.75, 3.05) is 18.0 Å². The van der Waals surface area contributed by atoms with E-state index in [0.29, 0.717) is 12.8 Å². The zero-order chi connectivity index (χ0) is 17.6. The lowest BCUT2D eigenvalue weighted by Crippen LogP contribution is -2.47. The van der Waals surface area contributed by atoms with Crippen LogP contribution < -0.4 is 10.2 Å². The first-order valence-corrected chi connectivity index (χ1v) is 9.57. The van der Waals surface area contributed by atoms with E-state index in [-0.39, 0.29) is 17.8 Å². The number of hydrogen-bond donors (Lipinski definition) is 1. The van der Waals surface area contributed by atoms with E-state index in [9.17, 15) is 9.18 Å². The number of rotatable bonds is 6. The van der Waals surface area contributed by atoms with Crippen molar-refractivity contribution in [3.05, 3.63) is 40.7 Å². The molecule has 1 atom stereocenters. The minimum absolute atomic E-state index is 0.128. The minimum Gasteiger partial charge on any atom is -0.352 e. The molecule has 2 aromatic rings. The molecule has 2 heterocycles. The molecule has 0 radical (unpaired) electrons. The third kappa shape index (κ3) is 4.98. The Hall–Kier alpha value is -2.02. The van der Waals surface area contributed by atoms with Crippen LogP contribution in [-0.2, 0) is 11.2 Å². The number of benzene rings is 1. The number of piperidine rings is 1. The molecule has 1 aromatic heterocycles. The van der Waals surface area contributed by atoms with Crippen LogP contribution in [0.3, 0.4) is 0 Å². The molecular formula is C18H23FN4OS. The summed E-state index contributed by atoms with van der Waals surface area (Å²) < 4.78 is 13.0. The largest absolute Gasteiger partial charge is 0.352 e. The van der Waals surface area contributed by atoms with Gasteiger partial charge in [0.2, 0.25) is 11.0 Å². The van der Waals surface area contributed by atoms with Crippen molar-refractivity contribution in [3.8, 4) is 0 Å². The van der Waals surface area contributed by atoms with Crippen LogP contribution in [0.2, 0.25) is 0 Å². The Bertz CT molecular complexity index is 703. The molecule has 7 heteroatoms. The van der Waals surface area contributed by atoms with Gasteiger partial charge in [-0.05, 0) is 37.0 Å². The van der Waals surface area contributed by atoms with Crippen molar-refractivity contribution in [1.29, 1.82) is 0 Å². The molecule has 1 saturated heterocycles. The number of anilines is 1. The number of carbonyl (C=O) groups excluding carboxylic acids is 1. The Morgan fingerprint density at radius 2 is 2.16 bits per heavy atom. The summed E-state index contributed by atoms with van der Waals surface area (Å²) in [5.74, 6) is -0.102. The van der Waals surface area contributed by atoms with Crippen LogP contribution in [0.15, 0.2) is 24.3 Å². The zero-order valence-corrected chi connectivity index (χ0v) is 15.2. The van der Waals surface area contributed by atoms with Crippen molar-refractivity contribution in [3.63, 3.8) is 0 Å². The Labute approximate surface area is 151 Å². The van der Waals surface area contributed by atoms with Crippen molar-refractivity contribution >= 4 is 22.4 Å². The lowest BCUT2D eigenvalue weighted by Gasteiger charge is -2.32. The van der Waals surface area contributed by atoms with Gasteiger partial charge >= 0.3 is 0 Å². The molecule has 1 fully saturated rings. The normalized spacial score (nSPS) is 17.5. The van der Waals surface area contributed by atoms with Gasteiger partial charge in [0.25, 0.3) is 0 Å². The van der Waals surface area contributed by atoms with Crippen LogP contribution in [0.4, 0.5) is 9.52 Å². The molecule has 0 aliphatic carbocycles. The van der Waals surface area contributed by atoms with Crippen molar-refractivity contribution < 1.29 is 9.18 Å². The van der Waals surface area contributed by atoms with Crippen LogP contribution in [0.25, 0.3) is 0 Å². The van der Waals surface area contributed by atoms with E-state index >= 15 is 0 Å². The van der Waals surface area contributed by atoms with Crippen LogP contribution >= 0.6 is 11.3 Å². The van der Waals surface area contributed by atoms with Gasteiger partial charge in [-0.15, -0.1) is 10.2 Å². The predicted octanol–water partition coefficient (Wildman–Crippen LogP) is 3.15. The van der Waals surface area contributed by atoms with Gasteiger partial charge in [0.1, 0.15) is 10.8 Å². The molecular weight excluding hydrogens is 339 g/mol. The van der Waals surface area contributed by atoms with E-state index in [1.165, 1.54) is 12.1 Å². The molecule has 3 rings (SSSR count). The summed E-state index contributed by atoms with van der Waals surface area (Å²) in [5.41, 5.74) is 1.02. The maximum atomic E-state index is 13.0. The molecule has 1 aromatic carbocycles. The Morgan fingerprint density at radius 1 is 1.36 bits per heavy atom. The van der Waals surface area contributed by atoms with Gasteiger partial charge in [0, 0.05) is 32.0 Å². The molecule has 25 heavy (non-hydrogen) atoms. The minimum atomic E-state index is -0.230. The maximum Gasteiger partial charge on any atom is 0.220 e. The molecule has 1 aliphatic heterocycles.